The van der Waals surface area contributed by atoms with Gasteiger partial charge in [-0.05, 0) is 31.9 Å². The van der Waals surface area contributed by atoms with Crippen LogP contribution < -0.4 is 10.1 Å². The Labute approximate surface area is 115 Å². The van der Waals surface area contributed by atoms with E-state index in [-0.39, 0.29) is 11.9 Å². The van der Waals surface area contributed by atoms with E-state index in [0.717, 1.165) is 24.4 Å². The van der Waals surface area contributed by atoms with Crippen LogP contribution in [0.15, 0.2) is 18.2 Å². The fourth-order valence-corrected chi connectivity index (χ4v) is 2.54. The number of hydrogen-bond acceptors (Lipinski definition) is 2. The molecule has 3 heteroatoms. The Morgan fingerprint density at radius 2 is 2.21 bits per heavy atom. The Morgan fingerprint density at radius 1 is 1.42 bits per heavy atom. The first-order valence-corrected chi connectivity index (χ1v) is 7.37. The molecular formula is C16H24FNO. The van der Waals surface area contributed by atoms with Crippen LogP contribution in [0.4, 0.5) is 4.39 Å². The molecule has 1 aliphatic rings. The summed E-state index contributed by atoms with van der Waals surface area (Å²) < 4.78 is 19.6. The third kappa shape index (κ3) is 3.69. The van der Waals surface area contributed by atoms with Crippen molar-refractivity contribution in [3.05, 3.63) is 29.6 Å². The summed E-state index contributed by atoms with van der Waals surface area (Å²) >= 11 is 0. The lowest BCUT2D eigenvalue weighted by atomic mass is 9.83. The van der Waals surface area contributed by atoms with Crippen molar-refractivity contribution in [1.82, 2.24) is 5.32 Å². The van der Waals surface area contributed by atoms with Gasteiger partial charge in [-0.2, -0.15) is 0 Å². The van der Waals surface area contributed by atoms with Crippen LogP contribution in [0.1, 0.15) is 51.1 Å². The molecule has 1 fully saturated rings. The highest BCUT2D eigenvalue weighted by molar-refractivity contribution is 5.37. The van der Waals surface area contributed by atoms with Crippen molar-refractivity contribution in [3.8, 4) is 5.75 Å². The van der Waals surface area contributed by atoms with Crippen LogP contribution in [0.5, 0.6) is 5.75 Å². The molecule has 1 N–H and O–H groups in total. The molecule has 0 amide bonds. The molecule has 1 atom stereocenters. The predicted molar refractivity (Wildman–Crippen MR) is 75.9 cm³/mol. The maximum Gasteiger partial charge on any atom is 0.165 e. The van der Waals surface area contributed by atoms with E-state index in [1.54, 1.807) is 6.07 Å². The van der Waals surface area contributed by atoms with Gasteiger partial charge < -0.3 is 10.1 Å². The Kier molecular flexibility index (Phi) is 5.20. The Bertz CT molecular complexity index is 404. The van der Waals surface area contributed by atoms with E-state index in [1.165, 1.54) is 25.3 Å². The Hall–Kier alpha value is -1.09. The van der Waals surface area contributed by atoms with E-state index < -0.39 is 0 Å². The zero-order valence-electron chi connectivity index (χ0n) is 11.9. The molecule has 1 saturated carbocycles. The van der Waals surface area contributed by atoms with Gasteiger partial charge in [-0.25, -0.2) is 4.39 Å². The van der Waals surface area contributed by atoms with Crippen LogP contribution in [0, 0.1) is 11.7 Å². The average Bonchev–Trinajstić information content (AvgIpc) is 2.34. The fourth-order valence-electron chi connectivity index (χ4n) is 2.54. The summed E-state index contributed by atoms with van der Waals surface area (Å²) in [7, 11) is 0. The monoisotopic (exact) mass is 265 g/mol. The summed E-state index contributed by atoms with van der Waals surface area (Å²) in [6.45, 7) is 5.57. The zero-order chi connectivity index (χ0) is 13.7. The standard InChI is InChI=1S/C16H24FNO/c1-3-18-12(2)14-8-5-9-15(17)16(14)19-11-10-13-6-4-7-13/h5,8-9,12-13,18H,3-4,6-7,10-11H2,1-2H3. The van der Waals surface area contributed by atoms with Crippen LogP contribution in [0.25, 0.3) is 0 Å². The summed E-state index contributed by atoms with van der Waals surface area (Å²) in [6, 6.07) is 5.27. The highest BCUT2D eigenvalue weighted by atomic mass is 19.1. The van der Waals surface area contributed by atoms with Crippen molar-refractivity contribution < 1.29 is 9.13 Å². The minimum absolute atomic E-state index is 0.111. The molecule has 0 heterocycles. The molecule has 0 radical (unpaired) electrons. The minimum atomic E-state index is -0.254. The van der Waals surface area contributed by atoms with Crippen LogP contribution >= 0.6 is 0 Å². The van der Waals surface area contributed by atoms with Gasteiger partial charge in [0.25, 0.3) is 0 Å². The zero-order valence-corrected chi connectivity index (χ0v) is 11.9. The first-order valence-electron chi connectivity index (χ1n) is 7.37. The SMILES string of the molecule is CCNC(C)c1cccc(F)c1OCCC1CCC1. The number of para-hydroxylation sites is 1. The van der Waals surface area contributed by atoms with Crippen LogP contribution in [-0.4, -0.2) is 13.2 Å². The van der Waals surface area contributed by atoms with Gasteiger partial charge in [0, 0.05) is 11.6 Å². The summed E-state index contributed by atoms with van der Waals surface area (Å²) in [6.07, 6.45) is 5.00. The summed E-state index contributed by atoms with van der Waals surface area (Å²) in [5.41, 5.74) is 0.912. The van der Waals surface area contributed by atoms with Crippen LogP contribution in [0.2, 0.25) is 0 Å². The van der Waals surface area contributed by atoms with Crippen molar-refractivity contribution in [3.63, 3.8) is 0 Å². The van der Waals surface area contributed by atoms with E-state index >= 15 is 0 Å². The molecule has 1 aromatic rings. The molecule has 0 spiro atoms. The molecule has 2 rings (SSSR count). The van der Waals surface area contributed by atoms with Gasteiger partial charge in [-0.1, -0.05) is 38.3 Å². The number of hydrogen-bond donors (Lipinski definition) is 1. The lowest BCUT2D eigenvalue weighted by Crippen LogP contribution is -2.20. The lowest BCUT2D eigenvalue weighted by molar-refractivity contribution is 0.214. The van der Waals surface area contributed by atoms with Gasteiger partial charge in [0.2, 0.25) is 0 Å². The molecule has 0 saturated heterocycles. The summed E-state index contributed by atoms with van der Waals surface area (Å²) in [5, 5.41) is 3.30. The number of ether oxygens (including phenoxy) is 1. The smallest absolute Gasteiger partial charge is 0.165 e. The van der Waals surface area contributed by atoms with Crippen LogP contribution in [0.3, 0.4) is 0 Å². The van der Waals surface area contributed by atoms with E-state index in [1.807, 2.05) is 19.9 Å². The van der Waals surface area contributed by atoms with Crippen molar-refractivity contribution in [2.24, 2.45) is 5.92 Å². The first-order chi connectivity index (χ1) is 9.22. The molecule has 0 bridgehead atoms. The number of rotatable bonds is 7. The van der Waals surface area contributed by atoms with Crippen molar-refractivity contribution in [2.75, 3.05) is 13.2 Å². The van der Waals surface area contributed by atoms with E-state index in [4.69, 9.17) is 4.74 Å². The molecule has 0 aliphatic heterocycles. The molecule has 106 valence electrons. The molecular weight excluding hydrogens is 241 g/mol. The van der Waals surface area contributed by atoms with E-state index in [2.05, 4.69) is 5.32 Å². The Morgan fingerprint density at radius 3 is 2.84 bits per heavy atom. The Balaban J connectivity index is 1.99. The average molecular weight is 265 g/mol. The highest BCUT2D eigenvalue weighted by Gasteiger charge is 2.19. The normalized spacial score (nSPS) is 17.0. The van der Waals surface area contributed by atoms with Gasteiger partial charge in [0.15, 0.2) is 11.6 Å². The lowest BCUT2D eigenvalue weighted by Gasteiger charge is -2.25. The molecule has 1 aromatic carbocycles. The minimum Gasteiger partial charge on any atom is -0.490 e. The highest BCUT2D eigenvalue weighted by Crippen LogP contribution is 2.31. The third-order valence-electron chi connectivity index (χ3n) is 3.97. The number of halogens is 1. The first kappa shape index (κ1) is 14.3. The number of benzene rings is 1. The maximum absolute atomic E-state index is 13.9. The summed E-state index contributed by atoms with van der Waals surface area (Å²) in [4.78, 5) is 0. The van der Waals surface area contributed by atoms with Gasteiger partial charge in [-0.3, -0.25) is 0 Å². The van der Waals surface area contributed by atoms with Crippen molar-refractivity contribution >= 4 is 0 Å². The van der Waals surface area contributed by atoms with Gasteiger partial charge in [0.1, 0.15) is 0 Å². The predicted octanol–water partition coefficient (Wildman–Crippen LogP) is 4.07. The van der Waals surface area contributed by atoms with Crippen molar-refractivity contribution in [2.45, 2.75) is 45.6 Å². The molecule has 1 unspecified atom stereocenters. The van der Waals surface area contributed by atoms with Gasteiger partial charge >= 0.3 is 0 Å². The van der Waals surface area contributed by atoms with E-state index in [0.29, 0.717) is 12.4 Å². The second kappa shape index (κ2) is 6.90. The quantitative estimate of drug-likeness (QED) is 0.802. The van der Waals surface area contributed by atoms with Gasteiger partial charge in [0.05, 0.1) is 6.61 Å². The van der Waals surface area contributed by atoms with Crippen LogP contribution in [-0.2, 0) is 0 Å². The molecule has 2 nitrogen and oxygen atoms in total. The van der Waals surface area contributed by atoms with Crippen molar-refractivity contribution in [1.29, 1.82) is 0 Å². The van der Waals surface area contributed by atoms with Gasteiger partial charge in [-0.15, -0.1) is 0 Å². The number of nitrogens with one attached hydrogen (secondary N) is 1. The second-order valence-corrected chi connectivity index (χ2v) is 5.37. The summed E-state index contributed by atoms with van der Waals surface area (Å²) in [5.74, 6) is 0.965. The topological polar surface area (TPSA) is 21.3 Å². The third-order valence-corrected chi connectivity index (χ3v) is 3.97. The largest absolute Gasteiger partial charge is 0.490 e. The molecule has 19 heavy (non-hydrogen) atoms. The van der Waals surface area contributed by atoms with E-state index in [9.17, 15) is 4.39 Å². The molecule has 1 aliphatic carbocycles. The fraction of sp³-hybridized carbons (Fsp3) is 0.625. The molecule has 0 aromatic heterocycles. The second-order valence-electron chi connectivity index (χ2n) is 5.37. The maximum atomic E-state index is 13.9.